The minimum atomic E-state index is -0.264. The van der Waals surface area contributed by atoms with E-state index in [1.165, 1.54) is 6.92 Å². The summed E-state index contributed by atoms with van der Waals surface area (Å²) in [6.07, 6.45) is 2.68. The second kappa shape index (κ2) is 9.56. The van der Waals surface area contributed by atoms with Gasteiger partial charge in [-0.05, 0) is 72.6 Å². The topological polar surface area (TPSA) is 86.4 Å². The van der Waals surface area contributed by atoms with Gasteiger partial charge in [-0.1, -0.05) is 0 Å². The number of furan rings is 1. The third kappa shape index (κ3) is 5.80. The van der Waals surface area contributed by atoms with Crippen LogP contribution < -0.4 is 10.1 Å². The average Bonchev–Trinajstić information content (AvgIpc) is 3.30. The molecule has 2 heterocycles. The Kier molecular flexibility index (Phi) is 6.87. The van der Waals surface area contributed by atoms with Crippen LogP contribution >= 0.6 is 15.9 Å². The van der Waals surface area contributed by atoms with Gasteiger partial charge in [0, 0.05) is 24.8 Å². The van der Waals surface area contributed by atoms with Crippen LogP contribution in [0.3, 0.4) is 0 Å². The summed E-state index contributed by atoms with van der Waals surface area (Å²) in [5.74, 6) is 1.15. The van der Waals surface area contributed by atoms with Gasteiger partial charge in [-0.15, -0.1) is 0 Å². The number of carbonyl (C=O) groups is 2. The minimum Gasteiger partial charge on any atom is -0.486 e. The molecule has 8 heteroatoms. The Bertz CT molecular complexity index is 972. The Morgan fingerprint density at radius 1 is 1.21 bits per heavy atom. The van der Waals surface area contributed by atoms with E-state index in [2.05, 4.69) is 26.3 Å². The van der Waals surface area contributed by atoms with Crippen LogP contribution in [0.15, 0.2) is 51.5 Å². The van der Waals surface area contributed by atoms with Crippen LogP contribution in [0.2, 0.25) is 0 Å². The van der Waals surface area contributed by atoms with Crippen molar-refractivity contribution in [1.82, 2.24) is 15.1 Å². The first-order chi connectivity index (χ1) is 13.9. The molecular weight excluding hydrogens is 438 g/mol. The first-order valence-electron chi connectivity index (χ1n) is 9.22. The van der Waals surface area contributed by atoms with Gasteiger partial charge in [0.25, 0.3) is 5.91 Å². The van der Waals surface area contributed by atoms with Gasteiger partial charge in [0.15, 0.2) is 11.5 Å². The number of halogens is 1. The lowest BCUT2D eigenvalue weighted by Crippen LogP contribution is -2.24. The van der Waals surface area contributed by atoms with Crippen LogP contribution in [0.1, 0.15) is 45.7 Å². The number of carbonyl (C=O) groups excluding carboxylic acids is 2. The number of amides is 1. The highest BCUT2D eigenvalue weighted by molar-refractivity contribution is 9.10. The van der Waals surface area contributed by atoms with E-state index in [9.17, 15) is 9.59 Å². The number of hydrogen-bond donors (Lipinski definition) is 1. The SMILES string of the molecule is CC(=O)c1ccc(OCc2ccc(C(=O)NCCCn3cc(Br)c(C)n3)o2)cc1. The number of nitrogens with zero attached hydrogens (tertiary/aromatic N) is 2. The highest BCUT2D eigenvalue weighted by Crippen LogP contribution is 2.16. The Labute approximate surface area is 177 Å². The molecule has 0 unspecified atom stereocenters. The Morgan fingerprint density at radius 3 is 2.62 bits per heavy atom. The maximum Gasteiger partial charge on any atom is 0.286 e. The van der Waals surface area contributed by atoms with Gasteiger partial charge in [0.2, 0.25) is 0 Å². The van der Waals surface area contributed by atoms with Crippen molar-refractivity contribution in [2.75, 3.05) is 6.54 Å². The molecule has 0 radical (unpaired) electrons. The van der Waals surface area contributed by atoms with Gasteiger partial charge < -0.3 is 14.5 Å². The Hall–Kier alpha value is -2.87. The number of rotatable bonds is 9. The van der Waals surface area contributed by atoms with Crippen LogP contribution in [0.4, 0.5) is 0 Å². The number of ether oxygens (including phenoxy) is 1. The summed E-state index contributed by atoms with van der Waals surface area (Å²) in [6, 6.07) is 10.2. The quantitative estimate of drug-likeness (QED) is 0.383. The van der Waals surface area contributed by atoms with E-state index in [0.717, 1.165) is 16.6 Å². The molecule has 0 aliphatic carbocycles. The maximum atomic E-state index is 12.2. The molecule has 1 aromatic carbocycles. The van der Waals surface area contributed by atoms with Crippen molar-refractivity contribution in [2.45, 2.75) is 33.4 Å². The maximum absolute atomic E-state index is 12.2. The summed E-state index contributed by atoms with van der Waals surface area (Å²) in [5, 5.41) is 7.19. The molecule has 0 saturated carbocycles. The van der Waals surface area contributed by atoms with Gasteiger partial charge in [0.05, 0.1) is 10.2 Å². The molecular formula is C21H22BrN3O4. The molecule has 0 saturated heterocycles. The van der Waals surface area contributed by atoms with E-state index in [1.807, 2.05) is 17.8 Å². The third-order valence-electron chi connectivity index (χ3n) is 4.26. The predicted molar refractivity (Wildman–Crippen MR) is 111 cm³/mol. The minimum absolute atomic E-state index is 0.00541. The van der Waals surface area contributed by atoms with E-state index in [1.54, 1.807) is 36.4 Å². The van der Waals surface area contributed by atoms with Crippen molar-refractivity contribution in [2.24, 2.45) is 0 Å². The second-order valence-electron chi connectivity index (χ2n) is 6.57. The number of hydrogen-bond acceptors (Lipinski definition) is 5. The zero-order chi connectivity index (χ0) is 20.8. The summed E-state index contributed by atoms with van der Waals surface area (Å²) in [4.78, 5) is 23.5. The largest absolute Gasteiger partial charge is 0.486 e. The van der Waals surface area contributed by atoms with Crippen LogP contribution in [0.25, 0.3) is 0 Å². The molecule has 3 aromatic rings. The van der Waals surface area contributed by atoms with Gasteiger partial charge in [0.1, 0.15) is 18.1 Å². The molecule has 2 aromatic heterocycles. The molecule has 1 amide bonds. The number of ketones is 1. The molecule has 0 atom stereocenters. The lowest BCUT2D eigenvalue weighted by Gasteiger charge is -2.05. The van der Waals surface area contributed by atoms with E-state index >= 15 is 0 Å². The van der Waals surface area contributed by atoms with Gasteiger partial charge >= 0.3 is 0 Å². The molecule has 0 aliphatic rings. The van der Waals surface area contributed by atoms with Crippen molar-refractivity contribution >= 4 is 27.6 Å². The summed E-state index contributed by atoms with van der Waals surface area (Å²) < 4.78 is 14.0. The van der Waals surface area contributed by atoms with E-state index < -0.39 is 0 Å². The van der Waals surface area contributed by atoms with Gasteiger partial charge in [-0.25, -0.2) is 0 Å². The lowest BCUT2D eigenvalue weighted by atomic mass is 10.1. The standard InChI is InChI=1S/C21H22BrN3O4/c1-14-19(22)12-25(24-14)11-3-10-23-21(27)20-9-8-18(29-20)13-28-17-6-4-16(5-7-17)15(2)26/h4-9,12H,3,10-11,13H2,1-2H3,(H,23,27). The molecule has 3 rings (SSSR count). The fraction of sp³-hybridized carbons (Fsp3) is 0.286. The highest BCUT2D eigenvalue weighted by Gasteiger charge is 2.11. The van der Waals surface area contributed by atoms with E-state index in [0.29, 0.717) is 30.2 Å². The molecule has 1 N–H and O–H groups in total. The van der Waals surface area contributed by atoms with Crippen molar-refractivity contribution in [1.29, 1.82) is 0 Å². The fourth-order valence-electron chi connectivity index (χ4n) is 2.66. The first-order valence-corrected chi connectivity index (χ1v) is 10.0. The summed E-state index contributed by atoms with van der Waals surface area (Å²) >= 11 is 3.43. The average molecular weight is 460 g/mol. The number of aryl methyl sites for hydroxylation is 2. The van der Waals surface area contributed by atoms with Crippen LogP contribution in [0, 0.1) is 6.92 Å². The van der Waals surface area contributed by atoms with Crippen LogP contribution in [-0.2, 0) is 13.2 Å². The monoisotopic (exact) mass is 459 g/mol. The molecule has 29 heavy (non-hydrogen) atoms. The molecule has 152 valence electrons. The van der Waals surface area contributed by atoms with Crippen molar-refractivity contribution in [3.05, 3.63) is 69.8 Å². The highest BCUT2D eigenvalue weighted by atomic mass is 79.9. The first kappa shape index (κ1) is 20.9. The zero-order valence-electron chi connectivity index (χ0n) is 16.3. The second-order valence-corrected chi connectivity index (χ2v) is 7.42. The van der Waals surface area contributed by atoms with E-state index in [4.69, 9.17) is 9.15 Å². The molecule has 7 nitrogen and oxygen atoms in total. The van der Waals surface area contributed by atoms with Crippen molar-refractivity contribution in [3.63, 3.8) is 0 Å². The summed E-state index contributed by atoms with van der Waals surface area (Å²) in [5.41, 5.74) is 1.57. The number of nitrogens with one attached hydrogen (secondary N) is 1. The van der Waals surface area contributed by atoms with E-state index in [-0.39, 0.29) is 24.1 Å². The molecule has 0 aliphatic heterocycles. The molecule has 0 spiro atoms. The van der Waals surface area contributed by atoms with Crippen molar-refractivity contribution in [3.8, 4) is 5.75 Å². The third-order valence-corrected chi connectivity index (χ3v) is 5.04. The van der Waals surface area contributed by atoms with Gasteiger partial charge in [-0.3, -0.25) is 14.3 Å². The zero-order valence-corrected chi connectivity index (χ0v) is 17.9. The summed E-state index contributed by atoms with van der Waals surface area (Å²) in [7, 11) is 0. The number of Topliss-reactive ketones (excluding diaryl/α,β-unsaturated/α-hetero) is 1. The molecule has 0 fully saturated rings. The smallest absolute Gasteiger partial charge is 0.286 e. The number of benzene rings is 1. The Morgan fingerprint density at radius 2 is 1.97 bits per heavy atom. The van der Waals surface area contributed by atoms with Crippen molar-refractivity contribution < 1.29 is 18.7 Å². The predicted octanol–water partition coefficient (Wildman–Crippen LogP) is 4.15. The summed E-state index contributed by atoms with van der Waals surface area (Å²) in [6.45, 7) is 4.88. The normalized spacial score (nSPS) is 10.7. The number of aromatic nitrogens is 2. The fourth-order valence-corrected chi connectivity index (χ4v) is 2.97. The van der Waals surface area contributed by atoms with Crippen LogP contribution in [-0.4, -0.2) is 28.0 Å². The Balaban J connectivity index is 1.42. The van der Waals surface area contributed by atoms with Crippen LogP contribution in [0.5, 0.6) is 5.75 Å². The molecule has 0 bridgehead atoms. The lowest BCUT2D eigenvalue weighted by molar-refractivity contribution is 0.0920. The van der Waals surface area contributed by atoms with Gasteiger partial charge in [-0.2, -0.15) is 5.10 Å².